The standard InChI is InChI=1S/C14H16FNS/c1-10-6-7-14(17-10)9-16-11(2)12-4-3-5-13(15)8-12/h3-8,11,16H,9H2,1-2H3/t11-/m1/s1. The normalized spacial score (nSPS) is 12.6. The monoisotopic (exact) mass is 249 g/mol. The quantitative estimate of drug-likeness (QED) is 0.862. The molecule has 1 nitrogen and oxygen atoms in total. The van der Waals surface area contributed by atoms with Crippen LogP contribution in [0, 0.1) is 12.7 Å². The molecule has 2 aromatic rings. The van der Waals surface area contributed by atoms with E-state index in [1.165, 1.54) is 15.8 Å². The summed E-state index contributed by atoms with van der Waals surface area (Å²) in [5.41, 5.74) is 0.985. The summed E-state index contributed by atoms with van der Waals surface area (Å²) in [7, 11) is 0. The van der Waals surface area contributed by atoms with Crippen molar-refractivity contribution >= 4 is 11.3 Å². The van der Waals surface area contributed by atoms with E-state index in [2.05, 4.69) is 31.3 Å². The van der Waals surface area contributed by atoms with Gasteiger partial charge in [-0.1, -0.05) is 12.1 Å². The number of hydrogen-bond acceptors (Lipinski definition) is 2. The molecule has 0 radical (unpaired) electrons. The summed E-state index contributed by atoms with van der Waals surface area (Å²) >= 11 is 1.79. The molecule has 0 saturated carbocycles. The van der Waals surface area contributed by atoms with Gasteiger partial charge in [0.2, 0.25) is 0 Å². The third-order valence-corrected chi connectivity index (χ3v) is 3.73. The van der Waals surface area contributed by atoms with Gasteiger partial charge in [-0.2, -0.15) is 0 Å². The van der Waals surface area contributed by atoms with Crippen LogP contribution in [0.1, 0.15) is 28.3 Å². The maximum atomic E-state index is 13.1. The fraction of sp³-hybridized carbons (Fsp3) is 0.286. The molecule has 90 valence electrons. The predicted octanol–water partition coefficient (Wildman–Crippen LogP) is 4.05. The van der Waals surface area contributed by atoms with Gasteiger partial charge < -0.3 is 5.32 Å². The Bertz CT molecular complexity index is 492. The van der Waals surface area contributed by atoms with Crippen LogP contribution in [-0.4, -0.2) is 0 Å². The molecule has 1 aromatic heterocycles. The molecule has 0 unspecified atom stereocenters. The van der Waals surface area contributed by atoms with E-state index in [4.69, 9.17) is 0 Å². The molecule has 0 amide bonds. The van der Waals surface area contributed by atoms with Crippen LogP contribution in [0.15, 0.2) is 36.4 Å². The van der Waals surface area contributed by atoms with Crippen molar-refractivity contribution in [1.29, 1.82) is 0 Å². The van der Waals surface area contributed by atoms with Crippen molar-refractivity contribution in [3.8, 4) is 0 Å². The van der Waals surface area contributed by atoms with Crippen molar-refractivity contribution in [2.45, 2.75) is 26.4 Å². The van der Waals surface area contributed by atoms with E-state index in [1.807, 2.05) is 6.07 Å². The number of thiophene rings is 1. The van der Waals surface area contributed by atoms with Crippen molar-refractivity contribution in [2.75, 3.05) is 0 Å². The van der Waals surface area contributed by atoms with Gasteiger partial charge in [0.25, 0.3) is 0 Å². The highest BCUT2D eigenvalue weighted by atomic mass is 32.1. The lowest BCUT2D eigenvalue weighted by Gasteiger charge is -2.13. The van der Waals surface area contributed by atoms with Crippen molar-refractivity contribution in [1.82, 2.24) is 5.32 Å². The van der Waals surface area contributed by atoms with Crippen LogP contribution < -0.4 is 5.32 Å². The third-order valence-electron chi connectivity index (χ3n) is 2.73. The minimum absolute atomic E-state index is 0.160. The molecule has 0 aliphatic heterocycles. The van der Waals surface area contributed by atoms with Crippen LogP contribution in [-0.2, 0) is 6.54 Å². The lowest BCUT2D eigenvalue weighted by Crippen LogP contribution is -2.17. The Morgan fingerprint density at radius 1 is 1.29 bits per heavy atom. The maximum absolute atomic E-state index is 13.1. The molecule has 3 heteroatoms. The van der Waals surface area contributed by atoms with E-state index in [0.717, 1.165) is 12.1 Å². The van der Waals surface area contributed by atoms with Crippen LogP contribution in [0.25, 0.3) is 0 Å². The van der Waals surface area contributed by atoms with Gasteiger partial charge in [-0.25, -0.2) is 4.39 Å². The summed E-state index contributed by atoms with van der Waals surface area (Å²) in [5, 5.41) is 3.40. The second-order valence-electron chi connectivity index (χ2n) is 4.17. The minimum Gasteiger partial charge on any atom is -0.305 e. The number of halogens is 1. The van der Waals surface area contributed by atoms with E-state index in [0.29, 0.717) is 0 Å². The topological polar surface area (TPSA) is 12.0 Å². The first-order valence-corrected chi connectivity index (χ1v) is 6.51. The second-order valence-corrected chi connectivity index (χ2v) is 5.54. The Labute approximate surface area is 105 Å². The molecule has 1 aromatic carbocycles. The van der Waals surface area contributed by atoms with Crippen molar-refractivity contribution < 1.29 is 4.39 Å². The van der Waals surface area contributed by atoms with Crippen LogP contribution in [0.2, 0.25) is 0 Å². The summed E-state index contributed by atoms with van der Waals surface area (Å²) in [6.45, 7) is 4.98. The summed E-state index contributed by atoms with van der Waals surface area (Å²) in [6.07, 6.45) is 0. The van der Waals surface area contributed by atoms with Crippen LogP contribution >= 0.6 is 11.3 Å². The molecular formula is C14H16FNS. The van der Waals surface area contributed by atoms with Crippen molar-refractivity contribution in [3.63, 3.8) is 0 Å². The van der Waals surface area contributed by atoms with E-state index >= 15 is 0 Å². The lowest BCUT2D eigenvalue weighted by molar-refractivity contribution is 0.568. The molecule has 1 N–H and O–H groups in total. The van der Waals surface area contributed by atoms with Crippen LogP contribution in [0.4, 0.5) is 4.39 Å². The molecule has 17 heavy (non-hydrogen) atoms. The van der Waals surface area contributed by atoms with Gasteiger partial charge >= 0.3 is 0 Å². The van der Waals surface area contributed by atoms with Crippen LogP contribution in [0.3, 0.4) is 0 Å². The van der Waals surface area contributed by atoms with Gasteiger partial charge in [0, 0.05) is 22.3 Å². The van der Waals surface area contributed by atoms with E-state index in [-0.39, 0.29) is 11.9 Å². The summed E-state index contributed by atoms with van der Waals surface area (Å²) in [6, 6.07) is 11.2. The van der Waals surface area contributed by atoms with Gasteiger partial charge in [-0.3, -0.25) is 0 Å². The molecule has 0 spiro atoms. The fourth-order valence-corrected chi connectivity index (χ4v) is 2.57. The zero-order valence-corrected chi connectivity index (χ0v) is 10.9. The number of hydrogen-bond donors (Lipinski definition) is 1. The van der Waals surface area contributed by atoms with Crippen molar-refractivity contribution in [3.05, 3.63) is 57.5 Å². The van der Waals surface area contributed by atoms with Gasteiger partial charge in [0.15, 0.2) is 0 Å². The summed E-state index contributed by atoms with van der Waals surface area (Å²) in [5.74, 6) is -0.178. The molecule has 1 atom stereocenters. The molecule has 2 rings (SSSR count). The van der Waals surface area contributed by atoms with Crippen LogP contribution in [0.5, 0.6) is 0 Å². The highest BCUT2D eigenvalue weighted by Crippen LogP contribution is 2.18. The average molecular weight is 249 g/mol. The highest BCUT2D eigenvalue weighted by Gasteiger charge is 2.06. The average Bonchev–Trinajstić information content (AvgIpc) is 2.72. The Morgan fingerprint density at radius 3 is 2.76 bits per heavy atom. The Morgan fingerprint density at radius 2 is 2.12 bits per heavy atom. The van der Waals surface area contributed by atoms with Gasteiger partial charge in [-0.15, -0.1) is 11.3 Å². The number of nitrogens with one attached hydrogen (secondary N) is 1. The Balaban J connectivity index is 1.95. The third kappa shape index (κ3) is 3.38. The van der Waals surface area contributed by atoms with E-state index in [9.17, 15) is 4.39 Å². The fourth-order valence-electron chi connectivity index (χ4n) is 1.73. The lowest BCUT2D eigenvalue weighted by atomic mass is 10.1. The number of rotatable bonds is 4. The zero-order valence-electron chi connectivity index (χ0n) is 10.0. The van der Waals surface area contributed by atoms with Gasteiger partial charge in [0.1, 0.15) is 5.82 Å². The zero-order chi connectivity index (χ0) is 12.3. The molecular weight excluding hydrogens is 233 g/mol. The molecule has 0 aliphatic carbocycles. The largest absolute Gasteiger partial charge is 0.305 e. The first-order valence-electron chi connectivity index (χ1n) is 5.69. The summed E-state index contributed by atoms with van der Waals surface area (Å²) < 4.78 is 13.1. The first kappa shape index (κ1) is 12.3. The van der Waals surface area contributed by atoms with Gasteiger partial charge in [-0.05, 0) is 43.7 Å². The SMILES string of the molecule is Cc1ccc(CN[C@H](C)c2cccc(F)c2)s1. The minimum atomic E-state index is -0.178. The number of aryl methyl sites for hydroxylation is 1. The second kappa shape index (κ2) is 5.43. The smallest absolute Gasteiger partial charge is 0.123 e. The van der Waals surface area contributed by atoms with E-state index < -0.39 is 0 Å². The predicted molar refractivity (Wildman–Crippen MR) is 70.7 cm³/mol. The molecule has 0 saturated heterocycles. The first-order chi connectivity index (χ1) is 8.15. The molecule has 0 aliphatic rings. The summed E-state index contributed by atoms with van der Waals surface area (Å²) in [4.78, 5) is 2.63. The van der Waals surface area contributed by atoms with Gasteiger partial charge in [0.05, 0.1) is 0 Å². The molecule has 0 bridgehead atoms. The Hall–Kier alpha value is -1.19. The molecule has 1 heterocycles. The highest BCUT2D eigenvalue weighted by molar-refractivity contribution is 7.11. The number of benzene rings is 1. The van der Waals surface area contributed by atoms with E-state index in [1.54, 1.807) is 23.5 Å². The maximum Gasteiger partial charge on any atom is 0.123 e. The Kier molecular flexibility index (Phi) is 3.92. The molecule has 0 fully saturated rings. The van der Waals surface area contributed by atoms with Crippen molar-refractivity contribution in [2.24, 2.45) is 0 Å².